The summed E-state index contributed by atoms with van der Waals surface area (Å²) in [7, 11) is 0. The van der Waals surface area contributed by atoms with Crippen LogP contribution in [0.25, 0.3) is 11.2 Å². The highest BCUT2D eigenvalue weighted by molar-refractivity contribution is 7.99. The van der Waals surface area contributed by atoms with Crippen molar-refractivity contribution in [2.45, 2.75) is 23.1 Å². The monoisotopic (exact) mass is 492 g/mol. The van der Waals surface area contributed by atoms with Gasteiger partial charge in [0.25, 0.3) is 0 Å². The standard InChI is InChI=1S/C23H20N6O5S/c1-2-32-23(31)34-21-19-11(8-26-21)17(18-13(27-19)9-24-10-14(18)30)15-5-6-16(33-15)35-22-28-12-4-3-7-25-20(12)29-22/h3-8,17,24,26-27H,2,9-10H2,1H3,(H,25,28,29). The van der Waals surface area contributed by atoms with Crippen molar-refractivity contribution in [3.63, 3.8) is 0 Å². The minimum absolute atomic E-state index is 0.0302. The van der Waals surface area contributed by atoms with E-state index in [1.165, 1.54) is 11.8 Å². The predicted molar refractivity (Wildman–Crippen MR) is 126 cm³/mol. The Morgan fingerprint density at radius 1 is 1.29 bits per heavy atom. The molecule has 0 saturated carbocycles. The lowest BCUT2D eigenvalue weighted by Gasteiger charge is -2.31. The van der Waals surface area contributed by atoms with Gasteiger partial charge in [-0.2, -0.15) is 0 Å². The number of Topliss-reactive ketones (excluding diaryl/α,β-unsaturated/α-hetero) is 1. The van der Waals surface area contributed by atoms with Gasteiger partial charge in [-0.1, -0.05) is 0 Å². The molecule has 2 aliphatic rings. The first-order valence-corrected chi connectivity index (χ1v) is 11.8. The van der Waals surface area contributed by atoms with Gasteiger partial charge in [-0.25, -0.2) is 14.8 Å². The number of hydrogen-bond donors (Lipinski definition) is 4. The molecule has 0 bridgehead atoms. The molecule has 0 radical (unpaired) electrons. The molecule has 0 fully saturated rings. The van der Waals surface area contributed by atoms with Crippen molar-refractivity contribution in [2.24, 2.45) is 0 Å². The second kappa shape index (κ2) is 8.64. The zero-order chi connectivity index (χ0) is 23.9. The van der Waals surface area contributed by atoms with E-state index < -0.39 is 12.1 Å². The topological polar surface area (TPSA) is 147 Å². The molecular formula is C23H20N6O5S. The van der Waals surface area contributed by atoms with E-state index in [0.29, 0.717) is 45.2 Å². The summed E-state index contributed by atoms with van der Waals surface area (Å²) in [5, 5.41) is 7.60. The normalized spacial score (nSPS) is 17.2. The van der Waals surface area contributed by atoms with Gasteiger partial charge in [-0.05, 0) is 43.0 Å². The Kier molecular flexibility index (Phi) is 5.30. The number of fused-ring (bicyclic) bond motifs is 2. The third-order valence-corrected chi connectivity index (χ3v) is 6.54. The molecule has 1 atom stereocenters. The molecule has 1 unspecified atom stereocenters. The number of aromatic amines is 2. The Morgan fingerprint density at radius 2 is 2.20 bits per heavy atom. The Hall–Kier alpha value is -4.03. The van der Waals surface area contributed by atoms with Crippen LogP contribution in [0.5, 0.6) is 5.88 Å². The minimum atomic E-state index is -0.815. The van der Waals surface area contributed by atoms with Crippen molar-refractivity contribution in [1.82, 2.24) is 25.3 Å². The van der Waals surface area contributed by atoms with E-state index in [4.69, 9.17) is 13.9 Å². The van der Waals surface area contributed by atoms with Gasteiger partial charge in [0, 0.05) is 35.8 Å². The molecule has 0 amide bonds. The molecule has 0 spiro atoms. The fraction of sp³-hybridized carbons (Fsp3) is 0.217. The summed E-state index contributed by atoms with van der Waals surface area (Å²) in [4.78, 5) is 39.8. The summed E-state index contributed by atoms with van der Waals surface area (Å²) in [6, 6.07) is 7.40. The van der Waals surface area contributed by atoms with Crippen LogP contribution in [0.3, 0.4) is 0 Å². The lowest BCUT2D eigenvalue weighted by Crippen LogP contribution is -2.39. The zero-order valence-electron chi connectivity index (χ0n) is 18.5. The maximum atomic E-state index is 12.9. The van der Waals surface area contributed by atoms with Gasteiger partial charge >= 0.3 is 6.16 Å². The van der Waals surface area contributed by atoms with Gasteiger partial charge < -0.3 is 34.5 Å². The van der Waals surface area contributed by atoms with E-state index in [2.05, 4.69) is 30.6 Å². The minimum Gasteiger partial charge on any atom is -0.453 e. The lowest BCUT2D eigenvalue weighted by molar-refractivity contribution is -0.115. The van der Waals surface area contributed by atoms with E-state index in [1.54, 1.807) is 19.3 Å². The fourth-order valence-electron chi connectivity index (χ4n) is 4.30. The Balaban J connectivity index is 1.35. The van der Waals surface area contributed by atoms with E-state index in [9.17, 15) is 9.59 Å². The van der Waals surface area contributed by atoms with Gasteiger partial charge in [-0.15, -0.1) is 0 Å². The van der Waals surface area contributed by atoms with Gasteiger partial charge in [0.05, 0.1) is 19.1 Å². The number of carbonyl (C=O) groups is 2. The van der Waals surface area contributed by atoms with Crippen molar-refractivity contribution in [1.29, 1.82) is 0 Å². The van der Waals surface area contributed by atoms with Crippen LogP contribution in [-0.2, 0) is 9.53 Å². The van der Waals surface area contributed by atoms with Crippen LogP contribution in [-0.4, -0.2) is 51.6 Å². The number of hydrogen-bond acceptors (Lipinski definition) is 10. The summed E-state index contributed by atoms with van der Waals surface area (Å²) in [5.41, 5.74) is 4.09. The number of pyridine rings is 1. The van der Waals surface area contributed by atoms with Crippen molar-refractivity contribution < 1.29 is 23.5 Å². The number of carbonyl (C=O) groups excluding carboxylic acids is 2. The number of rotatable bonds is 5. The third-order valence-electron chi connectivity index (χ3n) is 5.73. The van der Waals surface area contributed by atoms with Gasteiger partial charge in [-0.3, -0.25) is 4.79 Å². The predicted octanol–water partition coefficient (Wildman–Crippen LogP) is 3.55. The number of ether oxygens (including phenoxy) is 2. The second-order valence-corrected chi connectivity index (χ2v) is 8.88. The van der Waals surface area contributed by atoms with Crippen LogP contribution in [0.1, 0.15) is 24.2 Å². The number of ketones is 1. The molecule has 11 nitrogen and oxygen atoms in total. The molecular weight excluding hydrogens is 472 g/mol. The quantitative estimate of drug-likeness (QED) is 0.305. The lowest BCUT2D eigenvalue weighted by atomic mass is 9.82. The number of nitrogens with one attached hydrogen (secondary N) is 4. The maximum Gasteiger partial charge on any atom is 0.515 e. The molecule has 6 heterocycles. The first kappa shape index (κ1) is 21.5. The van der Waals surface area contributed by atoms with Crippen LogP contribution < -0.4 is 15.4 Å². The number of H-pyrrole nitrogens is 2. The first-order valence-electron chi connectivity index (χ1n) is 11.0. The van der Waals surface area contributed by atoms with Crippen LogP contribution >= 0.6 is 11.8 Å². The van der Waals surface area contributed by atoms with E-state index in [1.807, 2.05) is 24.3 Å². The smallest absolute Gasteiger partial charge is 0.453 e. The van der Waals surface area contributed by atoms with Crippen molar-refractivity contribution in [2.75, 3.05) is 25.0 Å². The van der Waals surface area contributed by atoms with Crippen molar-refractivity contribution in [3.05, 3.63) is 59.3 Å². The maximum absolute atomic E-state index is 12.9. The fourth-order valence-corrected chi connectivity index (χ4v) is 5.06. The molecule has 4 aromatic rings. The molecule has 0 aromatic carbocycles. The number of imidazole rings is 1. The Bertz CT molecular complexity index is 1450. The van der Waals surface area contributed by atoms with Gasteiger partial charge in [0.1, 0.15) is 17.0 Å². The number of anilines is 1. The summed E-state index contributed by atoms with van der Waals surface area (Å²) in [6.45, 7) is 2.59. The molecule has 12 heteroatoms. The summed E-state index contributed by atoms with van der Waals surface area (Å²) >= 11 is 1.33. The highest BCUT2D eigenvalue weighted by atomic mass is 32.2. The molecule has 6 rings (SSSR count). The molecule has 4 aromatic heterocycles. The van der Waals surface area contributed by atoms with Crippen LogP contribution in [0.15, 0.2) is 62.6 Å². The molecule has 2 aliphatic heterocycles. The molecule has 35 heavy (non-hydrogen) atoms. The first-order chi connectivity index (χ1) is 17.1. The zero-order valence-corrected chi connectivity index (χ0v) is 19.3. The largest absolute Gasteiger partial charge is 0.515 e. The third kappa shape index (κ3) is 3.86. The Labute approximate surface area is 202 Å². The van der Waals surface area contributed by atoms with Crippen molar-refractivity contribution >= 4 is 40.6 Å². The van der Waals surface area contributed by atoms with Crippen LogP contribution in [0, 0.1) is 0 Å². The number of nitrogens with zero attached hydrogens (tertiary/aromatic N) is 2. The summed E-state index contributed by atoms with van der Waals surface area (Å²) in [6.07, 6.45) is 2.60. The summed E-state index contributed by atoms with van der Waals surface area (Å²) < 4.78 is 16.4. The highest BCUT2D eigenvalue weighted by Gasteiger charge is 2.39. The number of aromatic nitrogens is 4. The van der Waals surface area contributed by atoms with E-state index in [-0.39, 0.29) is 24.8 Å². The van der Waals surface area contributed by atoms with E-state index >= 15 is 0 Å². The molecule has 0 aliphatic carbocycles. The van der Waals surface area contributed by atoms with Crippen LogP contribution in [0.2, 0.25) is 0 Å². The second-order valence-electron chi connectivity index (χ2n) is 7.88. The number of furan rings is 1. The van der Waals surface area contributed by atoms with E-state index in [0.717, 1.165) is 11.1 Å². The van der Waals surface area contributed by atoms with Crippen LogP contribution in [0.4, 0.5) is 10.5 Å². The highest BCUT2D eigenvalue weighted by Crippen LogP contribution is 2.47. The molecule has 178 valence electrons. The molecule has 0 saturated heterocycles. The SMILES string of the molecule is CCOC(=O)Oc1[nH]cc2c1NC1=C(C(=O)CNC1)C2c1ccc(Sc2nc3cccnc3[nH]2)o1. The van der Waals surface area contributed by atoms with Crippen molar-refractivity contribution in [3.8, 4) is 5.88 Å². The molecule has 4 N–H and O–H groups in total. The van der Waals surface area contributed by atoms with Gasteiger partial charge in [0.2, 0.25) is 5.88 Å². The average molecular weight is 493 g/mol. The Morgan fingerprint density at radius 3 is 3.06 bits per heavy atom. The summed E-state index contributed by atoms with van der Waals surface area (Å²) in [5.74, 6) is 0.300. The van der Waals surface area contributed by atoms with Gasteiger partial charge in [0.15, 0.2) is 21.7 Å². The average Bonchev–Trinajstić information content (AvgIpc) is 3.57.